The third-order valence-corrected chi connectivity index (χ3v) is 5.50. The molecule has 3 rings (SSSR count). The summed E-state index contributed by atoms with van der Waals surface area (Å²) in [7, 11) is 0. The van der Waals surface area contributed by atoms with Gasteiger partial charge in [-0.05, 0) is 48.6 Å². The van der Waals surface area contributed by atoms with E-state index in [2.05, 4.69) is 10.6 Å². The molecule has 0 aliphatic rings. The van der Waals surface area contributed by atoms with Gasteiger partial charge in [-0.25, -0.2) is 4.79 Å². The van der Waals surface area contributed by atoms with E-state index >= 15 is 0 Å². The van der Waals surface area contributed by atoms with Gasteiger partial charge in [0.05, 0.1) is 12.1 Å². The molecule has 2 atom stereocenters. The van der Waals surface area contributed by atoms with Gasteiger partial charge in [-0.15, -0.1) is 12.4 Å². The summed E-state index contributed by atoms with van der Waals surface area (Å²) in [6.45, 7) is 3.01. The molecule has 192 valence electrons. The number of halogens is 1. The number of hydrogen-bond acceptors (Lipinski definition) is 5. The lowest BCUT2D eigenvalue weighted by Gasteiger charge is -2.18. The van der Waals surface area contributed by atoms with Gasteiger partial charge < -0.3 is 25.8 Å². The summed E-state index contributed by atoms with van der Waals surface area (Å²) in [6, 6.07) is 26.2. The number of rotatable bonds is 12. The molecule has 0 aliphatic heterocycles. The monoisotopic (exact) mass is 511 g/mol. The number of ether oxygens (including phenoxy) is 2. The normalized spacial score (nSPS) is 11.9. The summed E-state index contributed by atoms with van der Waals surface area (Å²) in [5.74, 6) is 0.538. The molecule has 4 N–H and O–H groups in total. The molecule has 0 heterocycles. The fourth-order valence-electron chi connectivity index (χ4n) is 3.42. The second-order valence-electron chi connectivity index (χ2n) is 8.31. The Labute approximate surface area is 218 Å². The fourth-order valence-corrected chi connectivity index (χ4v) is 3.42. The lowest BCUT2D eigenvalue weighted by molar-refractivity contribution is -0.123. The number of carbonyl (C=O) groups excluding carboxylic acids is 2. The van der Waals surface area contributed by atoms with Crippen LogP contribution < -0.4 is 21.1 Å². The fraction of sp³-hybridized carbons (Fsp3) is 0.286. The zero-order valence-electron chi connectivity index (χ0n) is 20.4. The number of benzene rings is 3. The van der Waals surface area contributed by atoms with Gasteiger partial charge in [-0.3, -0.25) is 4.79 Å². The van der Waals surface area contributed by atoms with Gasteiger partial charge in [-0.2, -0.15) is 0 Å². The molecule has 0 saturated carbocycles. The minimum Gasteiger partial charge on any atom is -0.489 e. The van der Waals surface area contributed by atoms with Crippen molar-refractivity contribution in [3.05, 3.63) is 102 Å². The van der Waals surface area contributed by atoms with Crippen LogP contribution in [-0.2, 0) is 22.7 Å². The van der Waals surface area contributed by atoms with E-state index in [4.69, 9.17) is 15.2 Å². The highest BCUT2D eigenvalue weighted by Crippen LogP contribution is 2.19. The van der Waals surface area contributed by atoms with E-state index in [9.17, 15) is 9.59 Å². The molecule has 0 radical (unpaired) electrons. The van der Waals surface area contributed by atoms with E-state index < -0.39 is 12.1 Å². The van der Waals surface area contributed by atoms with Gasteiger partial charge in [0.25, 0.3) is 0 Å². The topological polar surface area (TPSA) is 103 Å². The molecule has 0 saturated heterocycles. The van der Waals surface area contributed by atoms with Crippen LogP contribution in [0.25, 0.3) is 0 Å². The second-order valence-corrected chi connectivity index (χ2v) is 8.31. The molecule has 36 heavy (non-hydrogen) atoms. The molecular weight excluding hydrogens is 478 g/mol. The Morgan fingerprint density at radius 2 is 1.44 bits per heavy atom. The summed E-state index contributed by atoms with van der Waals surface area (Å²) in [6.07, 6.45) is 0.525. The van der Waals surface area contributed by atoms with E-state index in [1.165, 1.54) is 0 Å². The maximum Gasteiger partial charge on any atom is 0.407 e. The molecular formula is C28H34ClN3O4. The van der Waals surface area contributed by atoms with Crippen molar-refractivity contribution in [1.29, 1.82) is 0 Å². The third kappa shape index (κ3) is 9.98. The minimum atomic E-state index is -0.659. The zero-order valence-corrected chi connectivity index (χ0v) is 21.2. The first-order valence-electron chi connectivity index (χ1n) is 11.8. The van der Waals surface area contributed by atoms with Crippen LogP contribution in [0, 0.1) is 0 Å². The van der Waals surface area contributed by atoms with Crippen LogP contribution in [0.3, 0.4) is 0 Å². The third-order valence-electron chi connectivity index (χ3n) is 5.50. The Hall–Kier alpha value is -3.55. The first-order chi connectivity index (χ1) is 17.0. The van der Waals surface area contributed by atoms with E-state index in [1.807, 2.05) is 91.9 Å². The highest BCUT2D eigenvalue weighted by atomic mass is 35.5. The van der Waals surface area contributed by atoms with Gasteiger partial charge in [-0.1, -0.05) is 72.8 Å². The zero-order chi connectivity index (χ0) is 24.9. The Balaban J connectivity index is 0.00000456. The van der Waals surface area contributed by atoms with Crippen LogP contribution in [0.2, 0.25) is 0 Å². The SMILES string of the molecule is C[C@@H](NC(=O)[C@H](N)CCCNC(=O)OCc1ccccc1)c1ccc(OCc2ccccc2)cc1.Cl. The van der Waals surface area contributed by atoms with Crippen molar-refractivity contribution in [2.45, 2.75) is 45.1 Å². The second kappa shape index (κ2) is 15.4. The van der Waals surface area contributed by atoms with Crippen LogP contribution >= 0.6 is 12.4 Å². The number of nitrogens with two attached hydrogens (primary N) is 1. The van der Waals surface area contributed by atoms with Crippen molar-refractivity contribution in [2.24, 2.45) is 5.73 Å². The summed E-state index contributed by atoms with van der Waals surface area (Å²) in [4.78, 5) is 24.2. The summed E-state index contributed by atoms with van der Waals surface area (Å²) >= 11 is 0. The maximum absolute atomic E-state index is 12.5. The molecule has 0 fully saturated rings. The van der Waals surface area contributed by atoms with Crippen molar-refractivity contribution >= 4 is 24.4 Å². The molecule has 0 aromatic heterocycles. The van der Waals surface area contributed by atoms with Gasteiger partial charge >= 0.3 is 6.09 Å². The van der Waals surface area contributed by atoms with Crippen LogP contribution in [0.4, 0.5) is 4.79 Å². The average molecular weight is 512 g/mol. The summed E-state index contributed by atoms with van der Waals surface area (Å²) in [5, 5.41) is 5.62. The van der Waals surface area contributed by atoms with Crippen LogP contribution in [0.1, 0.15) is 42.5 Å². The van der Waals surface area contributed by atoms with E-state index in [-0.39, 0.29) is 31.0 Å². The molecule has 0 bridgehead atoms. The Bertz CT molecular complexity index is 1050. The van der Waals surface area contributed by atoms with Crippen molar-refractivity contribution < 1.29 is 19.1 Å². The number of hydrogen-bond donors (Lipinski definition) is 3. The van der Waals surface area contributed by atoms with Gasteiger partial charge in [0.1, 0.15) is 19.0 Å². The first-order valence-corrected chi connectivity index (χ1v) is 11.8. The molecule has 0 unspecified atom stereocenters. The van der Waals surface area contributed by atoms with Gasteiger partial charge in [0.2, 0.25) is 5.91 Å². The Kier molecular flexibility index (Phi) is 12.3. The van der Waals surface area contributed by atoms with E-state index in [0.29, 0.717) is 26.0 Å². The quantitative estimate of drug-likeness (QED) is 0.300. The predicted octanol–water partition coefficient (Wildman–Crippen LogP) is 4.90. The molecule has 7 nitrogen and oxygen atoms in total. The van der Waals surface area contributed by atoms with Crippen molar-refractivity contribution in [1.82, 2.24) is 10.6 Å². The Morgan fingerprint density at radius 3 is 2.06 bits per heavy atom. The smallest absolute Gasteiger partial charge is 0.407 e. The van der Waals surface area contributed by atoms with Crippen LogP contribution in [-0.4, -0.2) is 24.6 Å². The summed E-state index contributed by atoms with van der Waals surface area (Å²) < 4.78 is 11.0. The molecule has 0 aliphatic carbocycles. The van der Waals surface area contributed by atoms with Gasteiger partial charge in [0.15, 0.2) is 0 Å². The average Bonchev–Trinajstić information content (AvgIpc) is 2.90. The highest BCUT2D eigenvalue weighted by molar-refractivity contribution is 5.85. The summed E-state index contributed by atoms with van der Waals surface area (Å²) in [5.41, 5.74) is 9.02. The van der Waals surface area contributed by atoms with Crippen molar-refractivity contribution in [3.63, 3.8) is 0 Å². The number of nitrogens with one attached hydrogen (secondary N) is 2. The Morgan fingerprint density at radius 1 is 0.861 bits per heavy atom. The lowest BCUT2D eigenvalue weighted by atomic mass is 10.1. The highest BCUT2D eigenvalue weighted by Gasteiger charge is 2.16. The molecule has 3 aromatic carbocycles. The minimum absolute atomic E-state index is 0. The molecule has 2 amide bonds. The lowest BCUT2D eigenvalue weighted by Crippen LogP contribution is -2.42. The van der Waals surface area contributed by atoms with E-state index in [1.54, 1.807) is 0 Å². The largest absolute Gasteiger partial charge is 0.489 e. The first kappa shape index (κ1) is 28.7. The van der Waals surface area contributed by atoms with Crippen LogP contribution in [0.5, 0.6) is 5.75 Å². The van der Waals surface area contributed by atoms with E-state index in [0.717, 1.165) is 22.4 Å². The molecule has 8 heteroatoms. The maximum atomic E-state index is 12.5. The number of alkyl carbamates (subject to hydrolysis) is 1. The number of amides is 2. The number of carbonyl (C=O) groups is 2. The van der Waals surface area contributed by atoms with Gasteiger partial charge in [0, 0.05) is 6.54 Å². The predicted molar refractivity (Wildman–Crippen MR) is 143 cm³/mol. The molecule has 3 aromatic rings. The van der Waals surface area contributed by atoms with Crippen molar-refractivity contribution in [2.75, 3.05) is 6.54 Å². The standard InChI is InChI=1S/C28H33N3O4.ClH/c1-21(24-14-16-25(17-15-24)34-19-22-9-4-2-5-10-22)31-27(32)26(29)13-8-18-30-28(33)35-20-23-11-6-3-7-12-23;/h2-7,9-12,14-17,21,26H,8,13,18-20,29H2,1H3,(H,30,33)(H,31,32);1H/t21-,26-;/m1./s1. The molecule has 0 spiro atoms. The van der Waals surface area contributed by atoms with Crippen molar-refractivity contribution in [3.8, 4) is 5.75 Å². The van der Waals surface area contributed by atoms with Crippen LogP contribution in [0.15, 0.2) is 84.9 Å².